The first kappa shape index (κ1) is 14.1. The van der Waals surface area contributed by atoms with Crippen molar-refractivity contribution in [1.29, 1.82) is 0 Å². The Kier molecular flexibility index (Phi) is 4.08. The number of halogens is 2. The van der Waals surface area contributed by atoms with Gasteiger partial charge in [0.25, 0.3) is 0 Å². The maximum absolute atomic E-state index is 13.5. The van der Waals surface area contributed by atoms with Gasteiger partial charge < -0.3 is 15.2 Å². The fraction of sp³-hybridized carbons (Fsp3) is 0.200. The summed E-state index contributed by atoms with van der Waals surface area (Å²) >= 11 is 0. The van der Waals surface area contributed by atoms with Crippen LogP contribution in [0.5, 0.6) is 17.2 Å². The molecule has 2 N–H and O–H groups in total. The van der Waals surface area contributed by atoms with Gasteiger partial charge in [-0.25, -0.2) is 4.39 Å². The number of hydrogen-bond acceptors (Lipinski definition) is 3. The highest BCUT2D eigenvalue weighted by atomic mass is 19.2. The third-order valence-electron chi connectivity index (χ3n) is 2.49. The van der Waals surface area contributed by atoms with E-state index in [1.807, 2.05) is 13.8 Å². The van der Waals surface area contributed by atoms with Crippen molar-refractivity contribution in [3.8, 4) is 17.2 Å². The number of rotatable bonds is 4. The fourth-order valence-corrected chi connectivity index (χ4v) is 1.62. The van der Waals surface area contributed by atoms with Crippen LogP contribution < -0.4 is 15.2 Å². The average Bonchev–Trinajstić information content (AvgIpc) is 2.38. The van der Waals surface area contributed by atoms with Crippen LogP contribution in [-0.4, -0.2) is 6.10 Å². The Labute approximate surface area is 115 Å². The molecule has 2 aromatic rings. The lowest BCUT2D eigenvalue weighted by Gasteiger charge is -2.14. The molecule has 0 aliphatic heterocycles. The third kappa shape index (κ3) is 3.17. The molecule has 0 heterocycles. The Balaban J connectivity index is 2.27. The van der Waals surface area contributed by atoms with E-state index in [0.29, 0.717) is 17.2 Å². The van der Waals surface area contributed by atoms with E-state index in [2.05, 4.69) is 0 Å². The standard InChI is InChI=1S/C15H15F2NO2/c1-9(2)19-14-8-10(6-7-12(14)18)20-13-5-3-4-11(16)15(13)17/h3-9H,18H2,1-2H3. The first-order valence-electron chi connectivity index (χ1n) is 6.15. The second-order valence-electron chi connectivity index (χ2n) is 4.52. The topological polar surface area (TPSA) is 44.5 Å². The zero-order chi connectivity index (χ0) is 14.7. The van der Waals surface area contributed by atoms with Crippen LogP contribution in [0.2, 0.25) is 0 Å². The minimum Gasteiger partial charge on any atom is -0.489 e. The summed E-state index contributed by atoms with van der Waals surface area (Å²) in [7, 11) is 0. The molecule has 0 spiro atoms. The summed E-state index contributed by atoms with van der Waals surface area (Å²) in [5.41, 5.74) is 6.22. The van der Waals surface area contributed by atoms with Crippen LogP contribution in [0.15, 0.2) is 36.4 Å². The molecule has 2 rings (SSSR count). The molecule has 0 bridgehead atoms. The number of benzene rings is 2. The second kappa shape index (κ2) is 5.77. The van der Waals surface area contributed by atoms with Crippen molar-refractivity contribution in [2.75, 3.05) is 5.73 Å². The lowest BCUT2D eigenvalue weighted by Crippen LogP contribution is -2.07. The molecular weight excluding hydrogens is 264 g/mol. The quantitative estimate of drug-likeness (QED) is 0.856. The lowest BCUT2D eigenvalue weighted by molar-refractivity contribution is 0.243. The summed E-state index contributed by atoms with van der Waals surface area (Å²) in [6.07, 6.45) is -0.0570. The van der Waals surface area contributed by atoms with Crippen LogP contribution in [0.25, 0.3) is 0 Å². The molecule has 5 heteroatoms. The molecule has 0 atom stereocenters. The van der Waals surface area contributed by atoms with Crippen molar-refractivity contribution >= 4 is 5.69 Å². The summed E-state index contributed by atoms with van der Waals surface area (Å²) < 4.78 is 37.4. The van der Waals surface area contributed by atoms with Crippen molar-refractivity contribution < 1.29 is 18.3 Å². The molecule has 0 unspecified atom stereocenters. The molecule has 2 aromatic carbocycles. The van der Waals surface area contributed by atoms with Crippen molar-refractivity contribution in [2.45, 2.75) is 20.0 Å². The molecule has 0 amide bonds. The molecule has 3 nitrogen and oxygen atoms in total. The third-order valence-corrected chi connectivity index (χ3v) is 2.49. The SMILES string of the molecule is CC(C)Oc1cc(Oc2cccc(F)c2F)ccc1N. The Morgan fingerprint density at radius 2 is 1.80 bits per heavy atom. The maximum Gasteiger partial charge on any atom is 0.201 e. The van der Waals surface area contributed by atoms with Crippen molar-refractivity contribution in [2.24, 2.45) is 0 Å². The Hall–Kier alpha value is -2.30. The highest BCUT2D eigenvalue weighted by Crippen LogP contribution is 2.32. The van der Waals surface area contributed by atoms with Crippen LogP contribution in [0.4, 0.5) is 14.5 Å². The first-order valence-corrected chi connectivity index (χ1v) is 6.15. The molecule has 0 saturated heterocycles. The number of anilines is 1. The van der Waals surface area contributed by atoms with Crippen molar-refractivity contribution in [1.82, 2.24) is 0 Å². The van der Waals surface area contributed by atoms with Crippen LogP contribution >= 0.6 is 0 Å². The second-order valence-corrected chi connectivity index (χ2v) is 4.52. The molecule has 0 saturated carbocycles. The normalized spacial score (nSPS) is 10.7. The Morgan fingerprint density at radius 3 is 2.50 bits per heavy atom. The van der Waals surface area contributed by atoms with Gasteiger partial charge >= 0.3 is 0 Å². The van der Waals surface area contributed by atoms with Crippen LogP contribution in [0, 0.1) is 11.6 Å². The molecule has 0 aliphatic carbocycles. The number of hydrogen-bond donors (Lipinski definition) is 1. The summed E-state index contributed by atoms with van der Waals surface area (Å²) in [5, 5.41) is 0. The molecule has 0 fully saturated rings. The molecule has 106 valence electrons. The smallest absolute Gasteiger partial charge is 0.201 e. The van der Waals surface area contributed by atoms with Gasteiger partial charge in [0.15, 0.2) is 11.6 Å². The van der Waals surface area contributed by atoms with Crippen LogP contribution in [-0.2, 0) is 0 Å². The first-order chi connectivity index (χ1) is 9.47. The van der Waals surface area contributed by atoms with Gasteiger partial charge in [-0.15, -0.1) is 0 Å². The van der Waals surface area contributed by atoms with Gasteiger partial charge in [-0.2, -0.15) is 4.39 Å². The van der Waals surface area contributed by atoms with E-state index in [9.17, 15) is 8.78 Å². The maximum atomic E-state index is 13.5. The Morgan fingerprint density at radius 1 is 1.05 bits per heavy atom. The van der Waals surface area contributed by atoms with E-state index in [1.165, 1.54) is 12.1 Å². The van der Waals surface area contributed by atoms with E-state index in [4.69, 9.17) is 15.2 Å². The minimum absolute atomic E-state index is 0.0570. The van der Waals surface area contributed by atoms with Gasteiger partial charge in [0.2, 0.25) is 5.82 Å². The monoisotopic (exact) mass is 279 g/mol. The van der Waals surface area contributed by atoms with E-state index in [1.54, 1.807) is 18.2 Å². The predicted molar refractivity (Wildman–Crippen MR) is 73.1 cm³/mol. The van der Waals surface area contributed by atoms with Crippen LogP contribution in [0.3, 0.4) is 0 Å². The Bertz CT molecular complexity index is 615. The van der Waals surface area contributed by atoms with E-state index < -0.39 is 11.6 Å². The molecule has 20 heavy (non-hydrogen) atoms. The fourth-order valence-electron chi connectivity index (χ4n) is 1.62. The number of nitrogens with two attached hydrogens (primary N) is 1. The average molecular weight is 279 g/mol. The van der Waals surface area contributed by atoms with E-state index >= 15 is 0 Å². The van der Waals surface area contributed by atoms with Crippen LogP contribution in [0.1, 0.15) is 13.8 Å². The van der Waals surface area contributed by atoms with Gasteiger partial charge in [0.1, 0.15) is 11.5 Å². The zero-order valence-corrected chi connectivity index (χ0v) is 11.2. The number of ether oxygens (including phenoxy) is 2. The molecular formula is C15H15F2NO2. The summed E-state index contributed by atoms with van der Waals surface area (Å²) in [6, 6.07) is 8.43. The molecule has 0 aliphatic rings. The molecule has 0 aromatic heterocycles. The van der Waals surface area contributed by atoms with Crippen molar-refractivity contribution in [3.05, 3.63) is 48.0 Å². The molecule has 0 radical (unpaired) electrons. The van der Waals surface area contributed by atoms with E-state index in [-0.39, 0.29) is 11.9 Å². The highest BCUT2D eigenvalue weighted by Gasteiger charge is 2.11. The van der Waals surface area contributed by atoms with Crippen molar-refractivity contribution in [3.63, 3.8) is 0 Å². The number of nitrogen functional groups attached to an aromatic ring is 1. The highest BCUT2D eigenvalue weighted by molar-refractivity contribution is 5.56. The van der Waals surface area contributed by atoms with Gasteiger partial charge in [-0.05, 0) is 38.1 Å². The summed E-state index contributed by atoms with van der Waals surface area (Å²) in [6.45, 7) is 3.72. The van der Waals surface area contributed by atoms with Gasteiger partial charge in [0, 0.05) is 6.07 Å². The summed E-state index contributed by atoms with van der Waals surface area (Å²) in [5.74, 6) is -1.42. The summed E-state index contributed by atoms with van der Waals surface area (Å²) in [4.78, 5) is 0. The zero-order valence-electron chi connectivity index (χ0n) is 11.2. The minimum atomic E-state index is -1.03. The van der Waals surface area contributed by atoms with Gasteiger partial charge in [-0.3, -0.25) is 0 Å². The lowest BCUT2D eigenvalue weighted by atomic mass is 10.2. The van der Waals surface area contributed by atoms with Gasteiger partial charge in [0.05, 0.1) is 11.8 Å². The van der Waals surface area contributed by atoms with E-state index in [0.717, 1.165) is 6.07 Å². The largest absolute Gasteiger partial charge is 0.489 e. The van der Waals surface area contributed by atoms with Gasteiger partial charge in [-0.1, -0.05) is 6.07 Å². The predicted octanol–water partition coefficient (Wildman–Crippen LogP) is 4.13.